The first-order valence-corrected chi connectivity index (χ1v) is 10.5. The maximum absolute atomic E-state index is 14.1. The molecule has 2 aromatic carbocycles. The van der Waals surface area contributed by atoms with Crippen molar-refractivity contribution in [2.75, 3.05) is 5.32 Å². The van der Waals surface area contributed by atoms with E-state index in [1.807, 2.05) is 0 Å². The first kappa shape index (κ1) is 25.4. The van der Waals surface area contributed by atoms with Gasteiger partial charge in [-0.1, -0.05) is 32.0 Å². The molecule has 0 saturated carbocycles. The van der Waals surface area contributed by atoms with Gasteiger partial charge in [0.25, 0.3) is 5.91 Å². The summed E-state index contributed by atoms with van der Waals surface area (Å²) in [5.74, 6) is -2.33. The lowest BCUT2D eigenvalue weighted by atomic mass is 9.72. The number of amides is 1. The molecule has 0 aliphatic heterocycles. The first-order chi connectivity index (χ1) is 15.7. The molecule has 2 N–H and O–H groups in total. The van der Waals surface area contributed by atoms with E-state index in [1.54, 1.807) is 6.92 Å². The van der Waals surface area contributed by atoms with E-state index in [4.69, 9.17) is 0 Å². The molecule has 3 rings (SSSR count). The fourth-order valence-corrected chi connectivity index (χ4v) is 4.07. The highest BCUT2D eigenvalue weighted by molar-refractivity contribution is 5.99. The molecule has 1 atom stereocenters. The number of alkyl halides is 3. The summed E-state index contributed by atoms with van der Waals surface area (Å²) < 4.78 is 60.8. The standard InChI is InChI=1S/C24H24F4N2O4/c1-5-14-6-7-15(25)10-19(14)22(3,4)12-23(33,24(26,27)28)21(32)29-16-8-9-17-18(11-16)13(2)30-34-20(17)31/h6-11,33H,5,12H2,1-4H3,(H,29,32). The van der Waals surface area contributed by atoms with Crippen molar-refractivity contribution < 1.29 is 32.0 Å². The summed E-state index contributed by atoms with van der Waals surface area (Å²) in [5, 5.41) is 16.8. The van der Waals surface area contributed by atoms with Crippen LogP contribution in [0.1, 0.15) is 44.0 Å². The monoisotopic (exact) mass is 480 g/mol. The van der Waals surface area contributed by atoms with Crippen LogP contribution in [0.5, 0.6) is 0 Å². The molecule has 0 bridgehead atoms. The second-order valence-electron chi connectivity index (χ2n) is 8.84. The number of carbonyl (C=O) groups is 1. The van der Waals surface area contributed by atoms with E-state index in [9.17, 15) is 32.3 Å². The van der Waals surface area contributed by atoms with E-state index in [2.05, 4.69) is 15.0 Å². The van der Waals surface area contributed by atoms with Gasteiger partial charge in [0.1, 0.15) is 5.82 Å². The molecule has 3 aromatic rings. The molecule has 34 heavy (non-hydrogen) atoms. The number of aromatic nitrogens is 1. The van der Waals surface area contributed by atoms with Gasteiger partial charge in [0.2, 0.25) is 5.60 Å². The van der Waals surface area contributed by atoms with E-state index < -0.39 is 41.0 Å². The summed E-state index contributed by atoms with van der Waals surface area (Å²) in [4.78, 5) is 24.6. The van der Waals surface area contributed by atoms with Gasteiger partial charge in [-0.15, -0.1) is 0 Å². The lowest BCUT2D eigenvalue weighted by Crippen LogP contribution is -2.57. The van der Waals surface area contributed by atoms with Gasteiger partial charge in [-0.2, -0.15) is 13.2 Å². The molecule has 1 amide bonds. The zero-order valence-corrected chi connectivity index (χ0v) is 19.0. The maximum Gasteiger partial charge on any atom is 0.426 e. The fraction of sp³-hybridized carbons (Fsp3) is 0.375. The van der Waals surface area contributed by atoms with Crippen LogP contribution in [0.4, 0.5) is 23.2 Å². The number of fused-ring (bicyclic) bond motifs is 1. The molecule has 1 aromatic heterocycles. The van der Waals surface area contributed by atoms with Gasteiger partial charge in [-0.05, 0) is 60.2 Å². The predicted octanol–water partition coefficient (Wildman–Crippen LogP) is 4.80. The predicted molar refractivity (Wildman–Crippen MR) is 118 cm³/mol. The number of hydrogen-bond acceptors (Lipinski definition) is 5. The molecule has 0 radical (unpaired) electrons. The molecule has 6 nitrogen and oxygen atoms in total. The molecule has 0 aliphatic rings. The van der Waals surface area contributed by atoms with Crippen molar-refractivity contribution >= 4 is 22.4 Å². The average molecular weight is 480 g/mol. The van der Waals surface area contributed by atoms with Crippen molar-refractivity contribution in [3.8, 4) is 0 Å². The van der Waals surface area contributed by atoms with Crippen LogP contribution in [0.2, 0.25) is 0 Å². The molecule has 0 aliphatic carbocycles. The van der Waals surface area contributed by atoms with E-state index in [0.29, 0.717) is 12.0 Å². The zero-order chi connectivity index (χ0) is 25.5. The summed E-state index contributed by atoms with van der Waals surface area (Å²) in [5.41, 5.74) is -4.86. The third-order valence-electron chi connectivity index (χ3n) is 5.88. The Morgan fingerprint density at radius 1 is 1.12 bits per heavy atom. The number of hydrogen-bond donors (Lipinski definition) is 2. The first-order valence-electron chi connectivity index (χ1n) is 10.5. The zero-order valence-electron chi connectivity index (χ0n) is 19.0. The van der Waals surface area contributed by atoms with Crippen molar-refractivity contribution in [2.24, 2.45) is 0 Å². The number of carbonyl (C=O) groups excluding carboxylic acids is 1. The average Bonchev–Trinajstić information content (AvgIpc) is 2.75. The van der Waals surface area contributed by atoms with Crippen LogP contribution < -0.4 is 10.9 Å². The Balaban J connectivity index is 2.00. The topological polar surface area (TPSA) is 92.4 Å². The molecule has 0 fully saturated rings. The highest BCUT2D eigenvalue weighted by Gasteiger charge is 2.61. The number of halogens is 4. The molecule has 1 heterocycles. The highest BCUT2D eigenvalue weighted by Crippen LogP contribution is 2.43. The maximum atomic E-state index is 14.1. The minimum absolute atomic E-state index is 0.0755. The number of aliphatic hydroxyl groups is 1. The summed E-state index contributed by atoms with van der Waals surface area (Å²) in [6.07, 6.45) is -5.96. The van der Waals surface area contributed by atoms with Gasteiger partial charge in [0.05, 0.1) is 11.1 Å². The van der Waals surface area contributed by atoms with Gasteiger partial charge >= 0.3 is 11.8 Å². The SMILES string of the molecule is CCc1ccc(F)cc1C(C)(C)CC(O)(C(=O)Nc1ccc2c(=O)onc(C)c2c1)C(F)(F)F. The van der Waals surface area contributed by atoms with Gasteiger partial charge in [0.15, 0.2) is 0 Å². The van der Waals surface area contributed by atoms with E-state index in [0.717, 1.165) is 6.07 Å². The second kappa shape index (κ2) is 8.83. The number of nitrogens with one attached hydrogen (secondary N) is 1. The van der Waals surface area contributed by atoms with Gasteiger partial charge < -0.3 is 14.9 Å². The van der Waals surface area contributed by atoms with E-state index in [1.165, 1.54) is 51.1 Å². The smallest absolute Gasteiger partial charge is 0.373 e. The summed E-state index contributed by atoms with van der Waals surface area (Å²) in [6, 6.07) is 7.58. The molecule has 182 valence electrons. The molecular formula is C24H24F4N2O4. The molecule has 1 unspecified atom stereocenters. The van der Waals surface area contributed by atoms with Crippen LogP contribution >= 0.6 is 0 Å². The van der Waals surface area contributed by atoms with Gasteiger partial charge in [-0.3, -0.25) is 4.79 Å². The third-order valence-corrected chi connectivity index (χ3v) is 5.88. The Hall–Kier alpha value is -3.27. The van der Waals surface area contributed by atoms with Crippen molar-refractivity contribution in [3.05, 3.63) is 69.5 Å². The van der Waals surface area contributed by atoms with Gasteiger partial charge in [-0.25, -0.2) is 9.18 Å². The van der Waals surface area contributed by atoms with Crippen LogP contribution in [0, 0.1) is 12.7 Å². The van der Waals surface area contributed by atoms with Crippen LogP contribution in [-0.2, 0) is 16.6 Å². The minimum Gasteiger partial charge on any atom is -0.373 e. The van der Waals surface area contributed by atoms with Crippen molar-refractivity contribution in [1.29, 1.82) is 0 Å². The Labute approximate surface area is 192 Å². The number of anilines is 1. The fourth-order valence-electron chi connectivity index (χ4n) is 4.07. The molecule has 10 heteroatoms. The number of rotatable bonds is 6. The molecule has 0 spiro atoms. The second-order valence-corrected chi connectivity index (χ2v) is 8.84. The van der Waals surface area contributed by atoms with Crippen LogP contribution in [0.3, 0.4) is 0 Å². The van der Waals surface area contributed by atoms with Crippen LogP contribution in [0.25, 0.3) is 10.8 Å². The summed E-state index contributed by atoms with van der Waals surface area (Å²) in [6.45, 7) is 6.12. The Bertz CT molecular complexity index is 1300. The Kier molecular flexibility index (Phi) is 6.58. The molecular weight excluding hydrogens is 456 g/mol. The van der Waals surface area contributed by atoms with E-state index >= 15 is 0 Å². The normalized spacial score (nSPS) is 14.1. The molecule has 0 saturated heterocycles. The number of aryl methyl sites for hydroxylation is 2. The summed E-state index contributed by atoms with van der Waals surface area (Å²) in [7, 11) is 0. The summed E-state index contributed by atoms with van der Waals surface area (Å²) >= 11 is 0. The lowest BCUT2D eigenvalue weighted by Gasteiger charge is -2.37. The largest absolute Gasteiger partial charge is 0.426 e. The Morgan fingerprint density at radius 2 is 1.79 bits per heavy atom. The quantitative estimate of drug-likeness (QED) is 0.495. The number of nitrogens with zero attached hydrogens (tertiary/aromatic N) is 1. The third kappa shape index (κ3) is 4.68. The Morgan fingerprint density at radius 3 is 2.41 bits per heavy atom. The van der Waals surface area contributed by atoms with Crippen LogP contribution in [-0.4, -0.2) is 27.9 Å². The lowest BCUT2D eigenvalue weighted by molar-refractivity contribution is -0.254. The van der Waals surface area contributed by atoms with Crippen molar-refractivity contribution in [1.82, 2.24) is 5.16 Å². The number of benzene rings is 2. The highest BCUT2D eigenvalue weighted by atomic mass is 19.4. The minimum atomic E-state index is -5.33. The van der Waals surface area contributed by atoms with Crippen molar-refractivity contribution in [2.45, 2.75) is 57.7 Å². The van der Waals surface area contributed by atoms with Crippen molar-refractivity contribution in [3.63, 3.8) is 0 Å². The van der Waals surface area contributed by atoms with Gasteiger partial charge in [0, 0.05) is 17.5 Å². The van der Waals surface area contributed by atoms with Crippen LogP contribution in [0.15, 0.2) is 45.7 Å². The van der Waals surface area contributed by atoms with E-state index in [-0.39, 0.29) is 27.7 Å².